The van der Waals surface area contributed by atoms with Crippen molar-refractivity contribution in [1.29, 1.82) is 0 Å². The monoisotopic (exact) mass is 260 g/mol. The topological polar surface area (TPSA) is 118 Å². The number of hydrogen-bond donors (Lipinski definition) is 2. The highest BCUT2D eigenvalue weighted by atomic mass is 35.5. The van der Waals surface area contributed by atoms with Gasteiger partial charge >= 0.3 is 5.69 Å². The van der Waals surface area contributed by atoms with E-state index in [-0.39, 0.29) is 18.7 Å². The third-order valence-electron chi connectivity index (χ3n) is 1.88. The van der Waals surface area contributed by atoms with Crippen LogP contribution in [0.5, 0.6) is 0 Å². The van der Waals surface area contributed by atoms with Crippen molar-refractivity contribution in [3.8, 4) is 0 Å². The lowest BCUT2D eigenvalue weighted by Crippen LogP contribution is -2.25. The molecule has 2 N–H and O–H groups in total. The number of aromatic nitrogens is 2. The number of amides is 1. The maximum Gasteiger partial charge on any atom is 0.319 e. The van der Waals surface area contributed by atoms with Crippen LogP contribution in [0.2, 0.25) is 0 Å². The minimum atomic E-state index is -0.708. The Morgan fingerprint density at radius 1 is 1.59 bits per heavy atom. The van der Waals surface area contributed by atoms with Gasteiger partial charge in [-0.15, -0.1) is 0 Å². The van der Waals surface area contributed by atoms with Crippen molar-refractivity contribution in [2.45, 2.75) is 12.8 Å². The van der Waals surface area contributed by atoms with Gasteiger partial charge in [0.2, 0.25) is 10.9 Å². The Labute approximate surface area is 100 Å². The van der Waals surface area contributed by atoms with E-state index in [0.29, 0.717) is 6.42 Å². The van der Waals surface area contributed by atoms with Crippen LogP contribution in [0, 0.1) is 10.1 Å². The first-order chi connectivity index (χ1) is 8.02. The van der Waals surface area contributed by atoms with Crippen molar-refractivity contribution >= 4 is 28.4 Å². The molecule has 0 fully saturated rings. The number of hydrogen-bond acceptors (Lipinski definition) is 5. The molecule has 17 heavy (non-hydrogen) atoms. The Kier molecular flexibility index (Phi) is 4.58. The number of carbonyl (C=O) groups excluding carboxylic acids is 2. The first-order valence-electron chi connectivity index (χ1n) is 4.66. The van der Waals surface area contributed by atoms with Gasteiger partial charge in [-0.1, -0.05) is 0 Å². The van der Waals surface area contributed by atoms with E-state index in [0.717, 1.165) is 6.20 Å². The number of halogens is 1. The van der Waals surface area contributed by atoms with E-state index in [1.54, 1.807) is 0 Å². The van der Waals surface area contributed by atoms with Crippen molar-refractivity contribution in [2.24, 2.45) is 0 Å². The second-order valence-corrected chi connectivity index (χ2v) is 3.52. The Bertz CT molecular complexity index is 444. The number of nitrogens with zero attached hydrogens (tertiary/aromatic N) is 2. The normalized spacial score (nSPS) is 9.94. The lowest BCUT2D eigenvalue weighted by atomic mass is 10.3. The maximum absolute atomic E-state index is 11.5. The summed E-state index contributed by atoms with van der Waals surface area (Å²) in [4.78, 5) is 31.7. The molecule has 1 aromatic rings. The molecule has 9 heteroatoms. The van der Waals surface area contributed by atoms with Crippen molar-refractivity contribution < 1.29 is 14.5 Å². The van der Waals surface area contributed by atoms with Gasteiger partial charge < -0.3 is 5.32 Å². The molecule has 0 unspecified atom stereocenters. The molecule has 1 amide bonds. The molecule has 1 aromatic heterocycles. The first kappa shape index (κ1) is 13.1. The van der Waals surface area contributed by atoms with Crippen molar-refractivity contribution in [1.82, 2.24) is 15.5 Å². The fourth-order valence-corrected chi connectivity index (χ4v) is 1.24. The van der Waals surface area contributed by atoms with Gasteiger partial charge in [0.05, 0.1) is 4.92 Å². The van der Waals surface area contributed by atoms with Gasteiger partial charge in [0.15, 0.2) is 0 Å². The average molecular weight is 261 g/mol. The average Bonchev–Trinajstić information content (AvgIpc) is 2.72. The van der Waals surface area contributed by atoms with Gasteiger partial charge in [-0.3, -0.25) is 24.8 Å². The number of aromatic amines is 1. The quantitative estimate of drug-likeness (QED) is 0.336. The molecule has 0 aromatic carbocycles. The number of nitrogens with one attached hydrogen (secondary N) is 2. The van der Waals surface area contributed by atoms with Crippen LogP contribution in [0.1, 0.15) is 23.3 Å². The minimum Gasteiger partial charge on any atom is -0.350 e. The zero-order valence-corrected chi connectivity index (χ0v) is 9.36. The molecule has 1 rings (SSSR count). The Hall–Kier alpha value is -1.96. The summed E-state index contributed by atoms with van der Waals surface area (Å²) >= 11 is 5.10. The molecule has 8 nitrogen and oxygen atoms in total. The molecular weight excluding hydrogens is 252 g/mol. The number of nitro groups is 1. The minimum absolute atomic E-state index is 0.132. The van der Waals surface area contributed by atoms with Crippen LogP contribution in [0.25, 0.3) is 0 Å². The summed E-state index contributed by atoms with van der Waals surface area (Å²) in [5, 5.41) is 18.1. The van der Waals surface area contributed by atoms with E-state index in [9.17, 15) is 19.7 Å². The van der Waals surface area contributed by atoms with Crippen molar-refractivity contribution in [3.05, 3.63) is 22.0 Å². The lowest BCUT2D eigenvalue weighted by Gasteiger charge is -2.01. The molecule has 0 saturated carbocycles. The standard InChI is InChI=1S/C8H9ClN4O4/c9-6(14)2-1-3-10-8(15)7-5(13(16)17)4-11-12-7/h4H,1-3H2,(H,10,15)(H,11,12). The highest BCUT2D eigenvalue weighted by molar-refractivity contribution is 6.63. The molecule has 0 aliphatic carbocycles. The van der Waals surface area contributed by atoms with Crippen LogP contribution in [-0.4, -0.2) is 32.8 Å². The van der Waals surface area contributed by atoms with Gasteiger partial charge in [-0.05, 0) is 18.0 Å². The molecule has 0 bridgehead atoms. The van der Waals surface area contributed by atoms with E-state index in [2.05, 4.69) is 15.5 Å². The van der Waals surface area contributed by atoms with Gasteiger partial charge in [0.25, 0.3) is 5.91 Å². The third-order valence-corrected chi connectivity index (χ3v) is 2.07. The van der Waals surface area contributed by atoms with Gasteiger partial charge in [0.1, 0.15) is 6.20 Å². The summed E-state index contributed by atoms with van der Waals surface area (Å²) in [5.74, 6) is -0.642. The predicted octanol–water partition coefficient (Wildman–Crippen LogP) is 0.593. The molecule has 1 heterocycles. The van der Waals surface area contributed by atoms with Gasteiger partial charge in [0, 0.05) is 13.0 Å². The van der Waals surface area contributed by atoms with Crippen LogP contribution in [0.3, 0.4) is 0 Å². The van der Waals surface area contributed by atoms with E-state index < -0.39 is 21.8 Å². The van der Waals surface area contributed by atoms with Crippen molar-refractivity contribution in [3.63, 3.8) is 0 Å². The smallest absolute Gasteiger partial charge is 0.319 e. The Balaban J connectivity index is 2.50. The van der Waals surface area contributed by atoms with E-state index in [1.165, 1.54) is 0 Å². The first-order valence-corrected chi connectivity index (χ1v) is 5.04. The van der Waals surface area contributed by atoms with Crippen LogP contribution < -0.4 is 5.32 Å². The number of rotatable bonds is 6. The highest BCUT2D eigenvalue weighted by Crippen LogP contribution is 2.13. The predicted molar refractivity (Wildman–Crippen MR) is 57.7 cm³/mol. The largest absolute Gasteiger partial charge is 0.350 e. The summed E-state index contributed by atoms with van der Waals surface area (Å²) in [6.45, 7) is 0.202. The summed E-state index contributed by atoms with van der Waals surface area (Å²) in [7, 11) is 0. The summed E-state index contributed by atoms with van der Waals surface area (Å²) in [6, 6.07) is 0. The lowest BCUT2D eigenvalue weighted by molar-refractivity contribution is -0.385. The summed E-state index contributed by atoms with van der Waals surface area (Å²) in [6.07, 6.45) is 1.46. The molecule has 0 atom stereocenters. The van der Waals surface area contributed by atoms with Crippen LogP contribution in [0.4, 0.5) is 5.69 Å². The molecular formula is C8H9ClN4O4. The van der Waals surface area contributed by atoms with E-state index in [1.807, 2.05) is 0 Å². The molecule has 0 radical (unpaired) electrons. The van der Waals surface area contributed by atoms with E-state index in [4.69, 9.17) is 11.6 Å². The molecule has 0 aliphatic heterocycles. The number of H-pyrrole nitrogens is 1. The fourth-order valence-electron chi connectivity index (χ4n) is 1.10. The fraction of sp³-hybridized carbons (Fsp3) is 0.375. The molecule has 0 aliphatic rings. The van der Waals surface area contributed by atoms with Crippen LogP contribution in [-0.2, 0) is 4.79 Å². The molecule has 0 saturated heterocycles. The summed E-state index contributed by atoms with van der Waals surface area (Å²) in [5.41, 5.74) is -0.608. The Morgan fingerprint density at radius 3 is 2.88 bits per heavy atom. The highest BCUT2D eigenvalue weighted by Gasteiger charge is 2.22. The number of carbonyl (C=O) groups is 2. The van der Waals surface area contributed by atoms with E-state index >= 15 is 0 Å². The summed E-state index contributed by atoms with van der Waals surface area (Å²) < 4.78 is 0. The zero-order chi connectivity index (χ0) is 12.8. The maximum atomic E-state index is 11.5. The van der Waals surface area contributed by atoms with Crippen molar-refractivity contribution in [2.75, 3.05) is 6.54 Å². The third kappa shape index (κ3) is 3.83. The van der Waals surface area contributed by atoms with Gasteiger partial charge in [-0.25, -0.2) is 0 Å². The molecule has 0 spiro atoms. The van der Waals surface area contributed by atoms with Crippen LogP contribution >= 0.6 is 11.6 Å². The van der Waals surface area contributed by atoms with Gasteiger partial charge in [-0.2, -0.15) is 5.10 Å². The zero-order valence-electron chi connectivity index (χ0n) is 8.60. The second kappa shape index (κ2) is 5.94. The second-order valence-electron chi connectivity index (χ2n) is 3.10. The SMILES string of the molecule is O=C(Cl)CCCNC(=O)c1[nH]ncc1[N+](=O)[O-]. The Morgan fingerprint density at radius 2 is 2.29 bits per heavy atom. The molecule has 92 valence electrons. The van der Waals surface area contributed by atoms with Crippen LogP contribution in [0.15, 0.2) is 6.20 Å².